The summed E-state index contributed by atoms with van der Waals surface area (Å²) in [6.07, 6.45) is 1.67. The van der Waals surface area contributed by atoms with Gasteiger partial charge in [0, 0.05) is 61.1 Å². The summed E-state index contributed by atoms with van der Waals surface area (Å²) >= 11 is 3.31. The van der Waals surface area contributed by atoms with Gasteiger partial charge in [0.15, 0.2) is 11.6 Å². The first-order valence-corrected chi connectivity index (χ1v) is 15.3. The first-order valence-electron chi connectivity index (χ1n) is 13.5. The molecule has 1 unspecified atom stereocenters. The minimum absolute atomic E-state index is 0.0312. The number of methoxy groups -OCH3 is 1. The summed E-state index contributed by atoms with van der Waals surface area (Å²) in [5, 5.41) is 20.4. The Balaban J connectivity index is 0.000000400. The number of pyridine rings is 1. The van der Waals surface area contributed by atoms with E-state index in [2.05, 4.69) is 27.1 Å². The van der Waals surface area contributed by atoms with Gasteiger partial charge in [0.25, 0.3) is 5.92 Å². The van der Waals surface area contributed by atoms with E-state index in [0.717, 1.165) is 21.8 Å². The van der Waals surface area contributed by atoms with Crippen molar-refractivity contribution in [2.24, 2.45) is 0 Å². The number of aromatic nitrogens is 3. The standard InChI is InChI=1S/C23H23N9OS2.C5H9F2N/c1-12(13-5-4-6-28-18(13)26)31(2)20-15(8-25)21(30-22(29-20)33-3)32-10-23(11-32)17-14(7-24)19(27)35-16(17)9-34-23;1-8-3-2-5(6,7)4-8/h4-6,12H,9-11,27H2,1-3H3,(H2,26,28);2-4H2,1H3. The molecule has 0 amide bonds. The maximum absolute atomic E-state index is 12.2. The third-order valence-electron chi connectivity index (χ3n) is 7.99. The molecule has 3 aliphatic heterocycles. The van der Waals surface area contributed by atoms with E-state index in [0.29, 0.717) is 53.2 Å². The second-order valence-electron chi connectivity index (χ2n) is 10.8. The highest BCUT2D eigenvalue weighted by Crippen LogP contribution is 2.58. The summed E-state index contributed by atoms with van der Waals surface area (Å²) in [5.74, 6) is -0.198. The Labute approximate surface area is 257 Å². The van der Waals surface area contributed by atoms with Crippen LogP contribution in [0.3, 0.4) is 0 Å². The third-order valence-corrected chi connectivity index (χ3v) is 10.6. The molecular formula is C28H32F2N10OS2. The van der Waals surface area contributed by atoms with Crippen LogP contribution in [0.2, 0.25) is 0 Å². The minimum Gasteiger partial charge on any atom is -0.467 e. The number of fused-ring (bicyclic) bond motifs is 2. The number of rotatable bonds is 5. The molecular weight excluding hydrogens is 595 g/mol. The van der Waals surface area contributed by atoms with E-state index in [1.165, 1.54) is 18.4 Å². The highest BCUT2D eigenvalue weighted by atomic mass is 32.2. The summed E-state index contributed by atoms with van der Waals surface area (Å²) < 4.78 is 29.5. The molecule has 1 spiro atoms. The number of nitrogens with zero attached hydrogens (tertiary/aromatic N) is 8. The van der Waals surface area contributed by atoms with Crippen LogP contribution in [-0.2, 0) is 10.5 Å². The van der Waals surface area contributed by atoms with Gasteiger partial charge in [-0.1, -0.05) is 6.07 Å². The Bertz CT molecular complexity index is 1610. The number of nitrogens with two attached hydrogens (primary N) is 2. The maximum Gasteiger partial charge on any atom is 0.320 e. The van der Waals surface area contributed by atoms with Crippen LogP contribution in [0, 0.1) is 22.7 Å². The Kier molecular flexibility index (Phi) is 8.26. The van der Waals surface area contributed by atoms with Gasteiger partial charge < -0.3 is 30.9 Å². The summed E-state index contributed by atoms with van der Waals surface area (Å²) in [6.45, 7) is 3.67. The quantitative estimate of drug-likeness (QED) is 0.421. The van der Waals surface area contributed by atoms with Gasteiger partial charge in [-0.05, 0) is 20.0 Å². The van der Waals surface area contributed by atoms with E-state index in [-0.39, 0.29) is 29.8 Å². The van der Waals surface area contributed by atoms with Crippen LogP contribution in [0.4, 0.5) is 31.2 Å². The average molecular weight is 627 g/mol. The number of thiophene rings is 1. The SMILES string of the molecule is CN1CCC(F)(F)C1.COc1nc(N2CC3(C2)SCc2sc(N)c(C#N)c23)c(C#N)c(N(C)C(C)c2cccnc2N)n1. The number of ether oxygens (including phenoxy) is 1. The van der Waals surface area contributed by atoms with Gasteiger partial charge in [0.05, 0.1) is 30.0 Å². The van der Waals surface area contributed by atoms with Crippen LogP contribution in [-0.4, -0.2) is 73.2 Å². The number of likely N-dealkylation sites (tertiary alicyclic amines) is 1. The molecule has 2 fully saturated rings. The van der Waals surface area contributed by atoms with E-state index in [1.54, 1.807) is 18.1 Å². The Morgan fingerprint density at radius 2 is 1.88 bits per heavy atom. The average Bonchev–Trinajstić information content (AvgIpc) is 3.60. The number of hydrogen-bond donors (Lipinski definition) is 2. The highest BCUT2D eigenvalue weighted by molar-refractivity contribution is 8.00. The minimum atomic E-state index is -2.41. The fourth-order valence-electron chi connectivity index (χ4n) is 5.61. The third kappa shape index (κ3) is 5.60. The number of nitriles is 2. The first-order chi connectivity index (χ1) is 20.4. The van der Waals surface area contributed by atoms with E-state index in [9.17, 15) is 19.3 Å². The molecule has 11 nitrogen and oxygen atoms in total. The van der Waals surface area contributed by atoms with Crippen molar-refractivity contribution in [2.75, 3.05) is 68.7 Å². The van der Waals surface area contributed by atoms with Crippen molar-refractivity contribution in [2.45, 2.75) is 35.8 Å². The van der Waals surface area contributed by atoms with Crippen LogP contribution in [0.5, 0.6) is 6.01 Å². The van der Waals surface area contributed by atoms with Gasteiger partial charge in [0.2, 0.25) is 0 Å². The van der Waals surface area contributed by atoms with Crippen LogP contribution in [0.1, 0.15) is 46.5 Å². The lowest BCUT2D eigenvalue weighted by atomic mass is 9.88. The number of hydrogen-bond acceptors (Lipinski definition) is 13. The van der Waals surface area contributed by atoms with E-state index >= 15 is 0 Å². The second-order valence-corrected chi connectivity index (χ2v) is 13.3. The van der Waals surface area contributed by atoms with Gasteiger partial charge in [-0.25, -0.2) is 13.8 Å². The van der Waals surface area contributed by atoms with Crippen LogP contribution in [0.15, 0.2) is 18.3 Å². The van der Waals surface area contributed by atoms with Crippen molar-refractivity contribution in [3.8, 4) is 18.1 Å². The van der Waals surface area contributed by atoms with Crippen molar-refractivity contribution >= 4 is 45.6 Å². The molecule has 0 radical (unpaired) electrons. The molecule has 3 aromatic rings. The summed E-state index contributed by atoms with van der Waals surface area (Å²) in [7, 11) is 5.07. The molecule has 6 rings (SSSR count). The van der Waals surface area contributed by atoms with Crippen molar-refractivity contribution < 1.29 is 13.5 Å². The van der Waals surface area contributed by atoms with E-state index in [4.69, 9.17) is 16.2 Å². The molecule has 6 heterocycles. The van der Waals surface area contributed by atoms with Gasteiger partial charge in [-0.15, -0.1) is 23.1 Å². The highest BCUT2D eigenvalue weighted by Gasteiger charge is 2.53. The summed E-state index contributed by atoms with van der Waals surface area (Å²) in [4.78, 5) is 20.0. The summed E-state index contributed by atoms with van der Waals surface area (Å²) in [6, 6.07) is 8.29. The number of halogens is 2. The Morgan fingerprint density at radius 1 is 1.16 bits per heavy atom. The predicted molar refractivity (Wildman–Crippen MR) is 164 cm³/mol. The molecule has 43 heavy (non-hydrogen) atoms. The molecule has 226 valence electrons. The van der Waals surface area contributed by atoms with E-state index < -0.39 is 5.92 Å². The molecule has 1 atom stereocenters. The van der Waals surface area contributed by atoms with Crippen LogP contribution in [0.25, 0.3) is 0 Å². The Morgan fingerprint density at radius 3 is 2.44 bits per heavy atom. The van der Waals surface area contributed by atoms with E-state index in [1.807, 2.05) is 47.7 Å². The fourth-order valence-corrected chi connectivity index (χ4v) is 8.42. The molecule has 15 heteroatoms. The van der Waals surface area contributed by atoms with Crippen molar-refractivity contribution in [3.63, 3.8) is 0 Å². The largest absolute Gasteiger partial charge is 0.467 e. The fraction of sp³-hybridized carbons (Fsp3) is 0.464. The zero-order valence-electron chi connectivity index (χ0n) is 24.3. The number of anilines is 4. The lowest BCUT2D eigenvalue weighted by Gasteiger charge is -2.48. The van der Waals surface area contributed by atoms with Gasteiger partial charge in [-0.3, -0.25) is 0 Å². The second kappa shape index (κ2) is 11.6. The molecule has 2 saturated heterocycles. The topological polar surface area (TPSA) is 157 Å². The molecule has 4 N–H and O–H groups in total. The van der Waals surface area contributed by atoms with Crippen molar-refractivity contribution in [1.82, 2.24) is 19.9 Å². The monoisotopic (exact) mass is 626 g/mol. The lowest BCUT2D eigenvalue weighted by Crippen LogP contribution is -2.57. The van der Waals surface area contributed by atoms with Crippen molar-refractivity contribution in [1.29, 1.82) is 10.5 Å². The zero-order valence-corrected chi connectivity index (χ0v) is 25.9. The van der Waals surface area contributed by atoms with Gasteiger partial charge >= 0.3 is 6.01 Å². The summed E-state index contributed by atoms with van der Waals surface area (Å²) in [5.41, 5.74) is 15.0. The first kappa shape index (κ1) is 30.5. The van der Waals surface area contributed by atoms with Gasteiger partial charge in [0.1, 0.15) is 28.5 Å². The lowest BCUT2D eigenvalue weighted by molar-refractivity contribution is 0.0146. The molecule has 0 bridgehead atoms. The normalized spacial score (nSPS) is 18.6. The molecule has 3 aromatic heterocycles. The zero-order chi connectivity index (χ0) is 31.1. The molecule has 3 aliphatic rings. The van der Waals surface area contributed by atoms with Gasteiger partial charge in [-0.2, -0.15) is 20.5 Å². The molecule has 0 saturated carbocycles. The van der Waals surface area contributed by atoms with Crippen LogP contribution >= 0.6 is 23.1 Å². The van der Waals surface area contributed by atoms with Crippen molar-refractivity contribution in [3.05, 3.63) is 45.5 Å². The number of thioether (sulfide) groups is 1. The van der Waals surface area contributed by atoms with Crippen LogP contribution < -0.4 is 26.0 Å². The predicted octanol–water partition coefficient (Wildman–Crippen LogP) is 3.97. The Hall–Kier alpha value is -3.92. The smallest absolute Gasteiger partial charge is 0.320 e. The number of alkyl halides is 2. The number of nitrogen functional groups attached to an aromatic ring is 2. The molecule has 0 aromatic carbocycles. The molecule has 0 aliphatic carbocycles. The maximum atomic E-state index is 12.2.